The van der Waals surface area contributed by atoms with Crippen molar-refractivity contribution in [1.29, 1.82) is 0 Å². The first kappa shape index (κ1) is 15.4. The number of nitrogens with one attached hydrogen (secondary N) is 1. The molecule has 1 saturated heterocycles. The molecule has 0 spiro atoms. The van der Waals surface area contributed by atoms with Crippen molar-refractivity contribution in [1.82, 2.24) is 35.1 Å². The van der Waals surface area contributed by atoms with Crippen LogP contribution in [0.25, 0.3) is 11.0 Å². The van der Waals surface area contributed by atoms with E-state index >= 15 is 0 Å². The topological polar surface area (TPSA) is 102 Å². The van der Waals surface area contributed by atoms with Gasteiger partial charge in [-0.25, -0.2) is 4.98 Å². The summed E-state index contributed by atoms with van der Waals surface area (Å²) in [5.41, 5.74) is 2.63. The van der Waals surface area contributed by atoms with Gasteiger partial charge in [-0.1, -0.05) is 5.21 Å². The van der Waals surface area contributed by atoms with Crippen molar-refractivity contribution < 1.29 is 9.53 Å². The number of hydrogen-bond donors (Lipinski definition) is 1. The fourth-order valence-electron chi connectivity index (χ4n) is 3.62. The molecular weight excluding hydrogens is 334 g/mol. The van der Waals surface area contributed by atoms with Gasteiger partial charge >= 0.3 is 0 Å². The van der Waals surface area contributed by atoms with Gasteiger partial charge in [0.25, 0.3) is 5.91 Å². The van der Waals surface area contributed by atoms with Crippen LogP contribution < -0.4 is 0 Å². The van der Waals surface area contributed by atoms with Crippen molar-refractivity contribution in [2.75, 3.05) is 19.7 Å². The van der Waals surface area contributed by atoms with Gasteiger partial charge in [-0.3, -0.25) is 4.79 Å². The molecular formula is C17H19N7O2. The first-order valence-electron chi connectivity index (χ1n) is 8.83. The molecule has 2 fully saturated rings. The number of fused-ring (bicyclic) bond motifs is 1. The van der Waals surface area contributed by atoms with Crippen molar-refractivity contribution in [2.24, 2.45) is 0 Å². The number of ether oxygens (including phenoxy) is 1. The molecule has 0 bridgehead atoms. The molecule has 1 aromatic carbocycles. The van der Waals surface area contributed by atoms with E-state index in [9.17, 15) is 4.79 Å². The van der Waals surface area contributed by atoms with Crippen LogP contribution in [0.5, 0.6) is 0 Å². The van der Waals surface area contributed by atoms with Gasteiger partial charge in [0.2, 0.25) is 5.82 Å². The summed E-state index contributed by atoms with van der Waals surface area (Å²) in [4.78, 5) is 19.4. The molecule has 2 aliphatic rings. The van der Waals surface area contributed by atoms with E-state index in [1.807, 2.05) is 25.1 Å². The number of morpholine rings is 1. The SMILES string of the molecule is Cc1nc2cc(C(=O)N3CCOC(c4nn[nH]n4)C3)ccc2n1C1CC1. The van der Waals surface area contributed by atoms with Crippen molar-refractivity contribution in [3.05, 3.63) is 35.4 Å². The van der Waals surface area contributed by atoms with E-state index in [0.717, 1.165) is 16.9 Å². The number of benzene rings is 1. The summed E-state index contributed by atoms with van der Waals surface area (Å²) < 4.78 is 7.95. The molecule has 5 rings (SSSR count). The minimum atomic E-state index is -0.355. The van der Waals surface area contributed by atoms with E-state index in [2.05, 4.69) is 30.2 Å². The number of aryl methyl sites for hydroxylation is 1. The van der Waals surface area contributed by atoms with Crippen LogP contribution in [0.2, 0.25) is 0 Å². The number of aromatic amines is 1. The Balaban J connectivity index is 1.41. The minimum absolute atomic E-state index is 0.0256. The van der Waals surface area contributed by atoms with Crippen LogP contribution in [0, 0.1) is 6.92 Å². The van der Waals surface area contributed by atoms with Gasteiger partial charge in [-0.2, -0.15) is 5.21 Å². The molecule has 9 heteroatoms. The molecule has 1 atom stereocenters. The Morgan fingerprint density at radius 2 is 2.23 bits per heavy atom. The van der Waals surface area contributed by atoms with Crippen LogP contribution in [-0.4, -0.2) is 60.7 Å². The van der Waals surface area contributed by atoms with Gasteiger partial charge in [0.05, 0.1) is 24.2 Å². The van der Waals surface area contributed by atoms with Crippen LogP contribution in [0.4, 0.5) is 0 Å². The zero-order valence-electron chi connectivity index (χ0n) is 14.4. The molecule has 1 unspecified atom stereocenters. The minimum Gasteiger partial charge on any atom is -0.366 e. The lowest BCUT2D eigenvalue weighted by molar-refractivity contribution is -0.0267. The lowest BCUT2D eigenvalue weighted by atomic mass is 10.1. The number of tetrazole rings is 1. The maximum atomic E-state index is 13.0. The van der Waals surface area contributed by atoms with E-state index in [0.29, 0.717) is 37.1 Å². The lowest BCUT2D eigenvalue weighted by Gasteiger charge is -2.31. The molecule has 0 radical (unpaired) electrons. The van der Waals surface area contributed by atoms with Crippen LogP contribution >= 0.6 is 0 Å². The zero-order valence-corrected chi connectivity index (χ0v) is 14.4. The first-order valence-corrected chi connectivity index (χ1v) is 8.83. The predicted octanol–water partition coefficient (Wildman–Crippen LogP) is 1.41. The Kier molecular flexibility index (Phi) is 3.49. The van der Waals surface area contributed by atoms with E-state index < -0.39 is 0 Å². The van der Waals surface area contributed by atoms with E-state index in [-0.39, 0.29) is 12.0 Å². The number of rotatable bonds is 3. The van der Waals surface area contributed by atoms with Crippen molar-refractivity contribution >= 4 is 16.9 Å². The number of aromatic nitrogens is 6. The number of amides is 1. The number of carbonyl (C=O) groups is 1. The Labute approximate surface area is 149 Å². The standard InChI is InChI=1S/C17H19N7O2/c1-10-18-13-8-11(2-5-14(13)24(10)12-3-4-12)17(25)23-6-7-26-15(9-23)16-19-21-22-20-16/h2,5,8,12,15H,3-4,6-7,9H2,1H3,(H,19,20,21,22). The van der Waals surface area contributed by atoms with Crippen molar-refractivity contribution in [3.8, 4) is 0 Å². The molecule has 9 nitrogen and oxygen atoms in total. The van der Waals surface area contributed by atoms with E-state index in [1.54, 1.807) is 4.90 Å². The first-order chi connectivity index (χ1) is 12.7. The Morgan fingerprint density at radius 3 is 3.00 bits per heavy atom. The van der Waals surface area contributed by atoms with Gasteiger partial charge in [0, 0.05) is 18.2 Å². The lowest BCUT2D eigenvalue weighted by Crippen LogP contribution is -2.42. The molecule has 1 aliphatic heterocycles. The summed E-state index contributed by atoms with van der Waals surface area (Å²) in [6.45, 7) is 3.42. The van der Waals surface area contributed by atoms with Gasteiger partial charge in [-0.15, -0.1) is 10.2 Å². The second kappa shape index (κ2) is 5.87. The van der Waals surface area contributed by atoms with Crippen LogP contribution in [0.3, 0.4) is 0 Å². The monoisotopic (exact) mass is 353 g/mol. The number of hydrogen-bond acceptors (Lipinski definition) is 6. The number of imidazole rings is 1. The molecule has 3 aromatic rings. The van der Waals surface area contributed by atoms with Crippen LogP contribution in [0.1, 0.15) is 47.0 Å². The van der Waals surface area contributed by atoms with Gasteiger partial charge in [0.15, 0.2) is 0 Å². The largest absolute Gasteiger partial charge is 0.366 e. The molecule has 1 amide bonds. The van der Waals surface area contributed by atoms with Crippen LogP contribution in [-0.2, 0) is 4.74 Å². The normalized spacial score (nSPS) is 20.7. The van der Waals surface area contributed by atoms with Gasteiger partial charge in [-0.05, 0) is 38.0 Å². The average Bonchev–Trinajstić information content (AvgIpc) is 3.22. The summed E-state index contributed by atoms with van der Waals surface area (Å²) in [6, 6.07) is 6.36. The highest BCUT2D eigenvalue weighted by Gasteiger charge is 2.30. The van der Waals surface area contributed by atoms with Gasteiger partial charge < -0.3 is 14.2 Å². The highest BCUT2D eigenvalue weighted by molar-refractivity contribution is 5.97. The van der Waals surface area contributed by atoms with Crippen molar-refractivity contribution in [3.63, 3.8) is 0 Å². The molecule has 1 N–H and O–H groups in total. The second-order valence-electron chi connectivity index (χ2n) is 6.84. The molecule has 1 saturated carbocycles. The second-order valence-corrected chi connectivity index (χ2v) is 6.84. The number of carbonyl (C=O) groups excluding carboxylic acids is 1. The Bertz CT molecular complexity index is 961. The van der Waals surface area contributed by atoms with E-state index in [4.69, 9.17) is 4.74 Å². The molecule has 26 heavy (non-hydrogen) atoms. The zero-order chi connectivity index (χ0) is 17.7. The average molecular weight is 353 g/mol. The highest BCUT2D eigenvalue weighted by Crippen LogP contribution is 2.38. The quantitative estimate of drug-likeness (QED) is 0.764. The Morgan fingerprint density at radius 1 is 1.35 bits per heavy atom. The third kappa shape index (κ3) is 2.55. The Hall–Kier alpha value is -2.81. The fourth-order valence-corrected chi connectivity index (χ4v) is 3.62. The maximum absolute atomic E-state index is 13.0. The molecule has 134 valence electrons. The number of H-pyrrole nitrogens is 1. The van der Waals surface area contributed by atoms with Crippen LogP contribution in [0.15, 0.2) is 18.2 Å². The van der Waals surface area contributed by atoms with Crippen molar-refractivity contribution in [2.45, 2.75) is 31.9 Å². The highest BCUT2D eigenvalue weighted by atomic mass is 16.5. The molecule has 1 aliphatic carbocycles. The third-order valence-corrected chi connectivity index (χ3v) is 5.03. The maximum Gasteiger partial charge on any atom is 0.254 e. The summed E-state index contributed by atoms with van der Waals surface area (Å²) in [5, 5.41) is 13.9. The predicted molar refractivity (Wildman–Crippen MR) is 91.5 cm³/mol. The summed E-state index contributed by atoms with van der Waals surface area (Å²) in [6.07, 6.45) is 2.06. The van der Waals surface area contributed by atoms with E-state index in [1.165, 1.54) is 12.8 Å². The molecule has 3 heterocycles. The summed E-state index contributed by atoms with van der Waals surface area (Å²) in [7, 11) is 0. The number of nitrogens with zero attached hydrogens (tertiary/aromatic N) is 6. The van der Waals surface area contributed by atoms with Gasteiger partial charge in [0.1, 0.15) is 11.9 Å². The summed E-state index contributed by atoms with van der Waals surface area (Å²) in [5.74, 6) is 1.45. The fraction of sp³-hybridized carbons (Fsp3) is 0.471. The third-order valence-electron chi connectivity index (χ3n) is 5.03. The summed E-state index contributed by atoms with van der Waals surface area (Å²) >= 11 is 0. The smallest absolute Gasteiger partial charge is 0.254 e. The molecule has 2 aromatic heterocycles.